The molecule has 1 aliphatic rings. The van der Waals surface area contributed by atoms with E-state index in [0.29, 0.717) is 31.3 Å². The van der Waals surface area contributed by atoms with E-state index in [4.69, 9.17) is 4.74 Å². The summed E-state index contributed by atoms with van der Waals surface area (Å²) >= 11 is 0. The molecule has 1 saturated heterocycles. The highest BCUT2D eigenvalue weighted by Gasteiger charge is 2.36. The summed E-state index contributed by atoms with van der Waals surface area (Å²) in [7, 11) is 0. The van der Waals surface area contributed by atoms with Crippen LogP contribution in [-0.2, 0) is 14.9 Å². The van der Waals surface area contributed by atoms with Gasteiger partial charge in [-0.15, -0.1) is 0 Å². The molecule has 0 bridgehead atoms. The Bertz CT molecular complexity index is 1040. The Morgan fingerprint density at radius 3 is 2.68 bits per heavy atom. The second-order valence-corrected chi connectivity index (χ2v) is 8.26. The molecule has 7 nitrogen and oxygen atoms in total. The third-order valence-corrected chi connectivity index (χ3v) is 5.58. The molecule has 1 aliphatic heterocycles. The maximum absolute atomic E-state index is 13.4. The Kier molecular flexibility index (Phi) is 5.95. The first kappa shape index (κ1) is 20.9. The van der Waals surface area contributed by atoms with E-state index in [1.165, 1.54) is 5.56 Å². The molecule has 4 rings (SSSR count). The SMILES string of the molecule is Cc1ccc(C(C)(C)C(=O)N2CCOC(c3cccc(Nc4cnccn4)n3)C2)cc1. The topological polar surface area (TPSA) is 80.2 Å². The van der Waals surface area contributed by atoms with Crippen molar-refractivity contribution in [3.63, 3.8) is 0 Å². The molecular formula is C24H27N5O2. The predicted molar refractivity (Wildman–Crippen MR) is 119 cm³/mol. The first-order chi connectivity index (χ1) is 14.9. The molecule has 1 unspecified atom stereocenters. The number of pyridine rings is 1. The quantitative estimate of drug-likeness (QED) is 0.680. The van der Waals surface area contributed by atoms with Crippen LogP contribution in [0.25, 0.3) is 0 Å². The monoisotopic (exact) mass is 417 g/mol. The Labute approximate surface area is 182 Å². The number of aromatic nitrogens is 3. The van der Waals surface area contributed by atoms with Crippen LogP contribution in [0, 0.1) is 6.92 Å². The number of rotatable bonds is 5. The molecule has 1 aromatic carbocycles. The van der Waals surface area contributed by atoms with E-state index in [2.05, 4.69) is 20.3 Å². The van der Waals surface area contributed by atoms with Crippen LogP contribution >= 0.6 is 0 Å². The number of hydrogen-bond donors (Lipinski definition) is 1. The molecule has 31 heavy (non-hydrogen) atoms. The van der Waals surface area contributed by atoms with Crippen LogP contribution in [0.2, 0.25) is 0 Å². The Hall–Kier alpha value is -3.32. The smallest absolute Gasteiger partial charge is 0.232 e. The number of hydrogen-bond acceptors (Lipinski definition) is 6. The number of morpholine rings is 1. The summed E-state index contributed by atoms with van der Waals surface area (Å²) in [5.41, 5.74) is 2.36. The van der Waals surface area contributed by atoms with Gasteiger partial charge in [0, 0.05) is 18.9 Å². The van der Waals surface area contributed by atoms with Gasteiger partial charge in [0.25, 0.3) is 0 Å². The maximum atomic E-state index is 13.4. The summed E-state index contributed by atoms with van der Waals surface area (Å²) in [5.74, 6) is 1.37. The van der Waals surface area contributed by atoms with Crippen molar-refractivity contribution in [2.24, 2.45) is 0 Å². The van der Waals surface area contributed by atoms with Crippen molar-refractivity contribution in [2.75, 3.05) is 25.0 Å². The number of carbonyl (C=O) groups excluding carboxylic acids is 1. The summed E-state index contributed by atoms with van der Waals surface area (Å²) in [6.45, 7) is 7.52. The zero-order valence-corrected chi connectivity index (χ0v) is 18.1. The van der Waals surface area contributed by atoms with Crippen LogP contribution in [0.4, 0.5) is 11.6 Å². The highest BCUT2D eigenvalue weighted by atomic mass is 16.5. The molecular weight excluding hydrogens is 390 g/mol. The standard InChI is InChI=1S/C24H27N5O2/c1-17-7-9-18(10-8-17)24(2,3)23(30)29-13-14-31-20(16-29)19-5-4-6-21(27-19)28-22-15-25-11-12-26-22/h4-12,15,20H,13-14,16H2,1-3H3,(H,26,27,28). The van der Waals surface area contributed by atoms with E-state index < -0.39 is 5.41 Å². The van der Waals surface area contributed by atoms with Gasteiger partial charge in [-0.1, -0.05) is 35.9 Å². The van der Waals surface area contributed by atoms with E-state index in [1.807, 2.05) is 68.1 Å². The second-order valence-electron chi connectivity index (χ2n) is 8.26. The molecule has 1 amide bonds. The van der Waals surface area contributed by atoms with Gasteiger partial charge in [-0.2, -0.15) is 0 Å². The van der Waals surface area contributed by atoms with E-state index in [0.717, 1.165) is 11.3 Å². The van der Waals surface area contributed by atoms with Crippen LogP contribution in [0.1, 0.15) is 36.8 Å². The average molecular weight is 418 g/mol. The average Bonchev–Trinajstić information content (AvgIpc) is 2.80. The lowest BCUT2D eigenvalue weighted by Gasteiger charge is -2.37. The highest BCUT2D eigenvalue weighted by molar-refractivity contribution is 5.87. The van der Waals surface area contributed by atoms with Gasteiger partial charge in [0.15, 0.2) is 0 Å². The number of nitrogens with one attached hydrogen (secondary N) is 1. The molecule has 7 heteroatoms. The first-order valence-electron chi connectivity index (χ1n) is 10.4. The fourth-order valence-electron chi connectivity index (χ4n) is 3.70. The molecule has 1 fully saturated rings. The van der Waals surface area contributed by atoms with Gasteiger partial charge in [-0.3, -0.25) is 9.78 Å². The normalized spacial score (nSPS) is 16.7. The van der Waals surface area contributed by atoms with Crippen molar-refractivity contribution in [1.82, 2.24) is 19.9 Å². The number of amides is 1. The van der Waals surface area contributed by atoms with Crippen LogP contribution in [0.3, 0.4) is 0 Å². The number of carbonyl (C=O) groups is 1. The van der Waals surface area contributed by atoms with Crippen molar-refractivity contribution in [2.45, 2.75) is 32.3 Å². The van der Waals surface area contributed by atoms with Crippen molar-refractivity contribution in [3.05, 3.63) is 77.9 Å². The summed E-state index contributed by atoms with van der Waals surface area (Å²) in [4.78, 5) is 28.2. The molecule has 160 valence electrons. The van der Waals surface area contributed by atoms with Crippen LogP contribution in [-0.4, -0.2) is 45.5 Å². The molecule has 2 aromatic heterocycles. The number of ether oxygens (including phenoxy) is 1. The van der Waals surface area contributed by atoms with Gasteiger partial charge in [-0.25, -0.2) is 9.97 Å². The van der Waals surface area contributed by atoms with Gasteiger partial charge in [0.2, 0.25) is 5.91 Å². The number of anilines is 2. The van der Waals surface area contributed by atoms with E-state index in [1.54, 1.807) is 18.6 Å². The molecule has 0 spiro atoms. The third-order valence-electron chi connectivity index (χ3n) is 5.58. The zero-order chi connectivity index (χ0) is 21.8. The Morgan fingerprint density at radius 1 is 1.13 bits per heavy atom. The minimum Gasteiger partial charge on any atom is -0.368 e. The summed E-state index contributed by atoms with van der Waals surface area (Å²) in [6, 6.07) is 13.9. The van der Waals surface area contributed by atoms with Gasteiger partial charge in [-0.05, 0) is 38.5 Å². The highest BCUT2D eigenvalue weighted by Crippen LogP contribution is 2.29. The van der Waals surface area contributed by atoms with Crippen molar-refractivity contribution >= 4 is 17.5 Å². The lowest BCUT2D eigenvalue weighted by atomic mass is 9.82. The van der Waals surface area contributed by atoms with E-state index in [-0.39, 0.29) is 12.0 Å². The molecule has 3 heterocycles. The number of benzene rings is 1. The summed E-state index contributed by atoms with van der Waals surface area (Å²) < 4.78 is 5.97. The van der Waals surface area contributed by atoms with Crippen LogP contribution in [0.15, 0.2) is 61.1 Å². The molecule has 3 aromatic rings. The Balaban J connectivity index is 1.49. The molecule has 1 N–H and O–H groups in total. The fraction of sp³-hybridized carbons (Fsp3) is 0.333. The van der Waals surface area contributed by atoms with Gasteiger partial charge in [0.1, 0.15) is 17.7 Å². The Morgan fingerprint density at radius 2 is 1.94 bits per heavy atom. The lowest BCUT2D eigenvalue weighted by Crippen LogP contribution is -2.49. The maximum Gasteiger partial charge on any atom is 0.232 e. The second kappa shape index (κ2) is 8.81. The largest absolute Gasteiger partial charge is 0.368 e. The lowest BCUT2D eigenvalue weighted by molar-refractivity contribution is -0.144. The molecule has 1 atom stereocenters. The molecule has 0 aliphatic carbocycles. The van der Waals surface area contributed by atoms with Crippen LogP contribution < -0.4 is 5.32 Å². The first-order valence-corrected chi connectivity index (χ1v) is 10.4. The third kappa shape index (κ3) is 4.72. The number of nitrogens with zero attached hydrogens (tertiary/aromatic N) is 4. The van der Waals surface area contributed by atoms with Crippen LogP contribution in [0.5, 0.6) is 0 Å². The van der Waals surface area contributed by atoms with Gasteiger partial charge >= 0.3 is 0 Å². The minimum absolute atomic E-state index is 0.0958. The molecule has 0 saturated carbocycles. The van der Waals surface area contributed by atoms with E-state index >= 15 is 0 Å². The zero-order valence-electron chi connectivity index (χ0n) is 18.1. The minimum atomic E-state index is -0.613. The predicted octanol–water partition coefficient (Wildman–Crippen LogP) is 3.80. The summed E-state index contributed by atoms with van der Waals surface area (Å²) in [5, 5.41) is 3.15. The summed E-state index contributed by atoms with van der Waals surface area (Å²) in [6.07, 6.45) is 4.60. The van der Waals surface area contributed by atoms with Gasteiger partial charge in [0.05, 0.1) is 30.5 Å². The van der Waals surface area contributed by atoms with Gasteiger partial charge < -0.3 is 15.0 Å². The van der Waals surface area contributed by atoms with Crippen molar-refractivity contribution in [3.8, 4) is 0 Å². The van der Waals surface area contributed by atoms with E-state index in [9.17, 15) is 4.79 Å². The van der Waals surface area contributed by atoms with Crippen molar-refractivity contribution in [1.29, 1.82) is 0 Å². The van der Waals surface area contributed by atoms with Crippen molar-refractivity contribution < 1.29 is 9.53 Å². The number of aryl methyl sites for hydroxylation is 1. The molecule has 0 radical (unpaired) electrons. The fourth-order valence-corrected chi connectivity index (χ4v) is 3.70.